The molecule has 3 N–H and O–H groups in total. The van der Waals surface area contributed by atoms with Crippen LogP contribution in [0.15, 0.2) is 30.3 Å². The first-order chi connectivity index (χ1) is 13.4. The van der Waals surface area contributed by atoms with E-state index in [4.69, 9.17) is 0 Å². The van der Waals surface area contributed by atoms with E-state index in [1.807, 2.05) is 18.2 Å². The summed E-state index contributed by atoms with van der Waals surface area (Å²) in [5.74, 6) is -0.300. The SMILES string of the molecule is CN(CC1(O)CCN(Cc2ccccc2)C1)C(=O)NCCN1C(=O)CNC1=O. The summed E-state index contributed by atoms with van der Waals surface area (Å²) in [6.45, 7) is 2.55. The summed E-state index contributed by atoms with van der Waals surface area (Å²) in [7, 11) is 1.63. The van der Waals surface area contributed by atoms with Crippen LogP contribution < -0.4 is 10.6 Å². The molecule has 5 amide bonds. The number of hydrogen-bond acceptors (Lipinski definition) is 5. The number of β-amino-alcohol motifs (C(OH)–C–C–N with tert-alkyl or cyclic N) is 1. The van der Waals surface area contributed by atoms with Gasteiger partial charge in [0.15, 0.2) is 0 Å². The van der Waals surface area contributed by atoms with E-state index < -0.39 is 11.6 Å². The highest BCUT2D eigenvalue weighted by molar-refractivity contribution is 6.01. The number of amides is 5. The van der Waals surface area contributed by atoms with Gasteiger partial charge in [0.2, 0.25) is 5.91 Å². The van der Waals surface area contributed by atoms with E-state index in [1.165, 1.54) is 10.5 Å². The van der Waals surface area contributed by atoms with Crippen molar-refractivity contribution in [1.82, 2.24) is 25.3 Å². The number of aliphatic hydroxyl groups is 1. The van der Waals surface area contributed by atoms with Crippen LogP contribution in [0.1, 0.15) is 12.0 Å². The van der Waals surface area contributed by atoms with Crippen molar-refractivity contribution in [2.45, 2.75) is 18.6 Å². The number of carbonyl (C=O) groups is 3. The highest BCUT2D eigenvalue weighted by atomic mass is 16.3. The maximum absolute atomic E-state index is 12.3. The van der Waals surface area contributed by atoms with Crippen LogP contribution in [0.25, 0.3) is 0 Å². The Labute approximate surface area is 164 Å². The van der Waals surface area contributed by atoms with Crippen LogP contribution in [0.4, 0.5) is 9.59 Å². The molecule has 1 aromatic carbocycles. The molecule has 3 rings (SSSR count). The molecular formula is C19H27N5O4. The number of carbonyl (C=O) groups excluding carboxylic acids is 3. The molecule has 0 spiro atoms. The first-order valence-electron chi connectivity index (χ1n) is 9.42. The maximum Gasteiger partial charge on any atom is 0.324 e. The predicted octanol–water partition coefficient (Wildman–Crippen LogP) is -0.183. The molecule has 0 aromatic heterocycles. The van der Waals surface area contributed by atoms with Crippen molar-refractivity contribution in [2.24, 2.45) is 0 Å². The Bertz CT molecular complexity index is 712. The molecule has 1 aromatic rings. The number of imide groups is 1. The minimum Gasteiger partial charge on any atom is -0.387 e. The number of benzene rings is 1. The zero-order chi connectivity index (χ0) is 20.1. The molecular weight excluding hydrogens is 362 g/mol. The van der Waals surface area contributed by atoms with E-state index in [0.29, 0.717) is 13.0 Å². The van der Waals surface area contributed by atoms with Crippen molar-refractivity contribution in [3.8, 4) is 0 Å². The highest BCUT2D eigenvalue weighted by Crippen LogP contribution is 2.23. The Balaban J connectivity index is 1.42. The van der Waals surface area contributed by atoms with Crippen molar-refractivity contribution >= 4 is 18.0 Å². The van der Waals surface area contributed by atoms with Crippen molar-refractivity contribution in [3.63, 3.8) is 0 Å². The second kappa shape index (κ2) is 8.57. The molecule has 9 nitrogen and oxygen atoms in total. The van der Waals surface area contributed by atoms with Gasteiger partial charge in [-0.25, -0.2) is 9.59 Å². The number of urea groups is 2. The molecule has 0 saturated carbocycles. The van der Waals surface area contributed by atoms with Crippen LogP contribution >= 0.6 is 0 Å². The third-order valence-electron chi connectivity index (χ3n) is 5.09. The Morgan fingerprint density at radius 3 is 2.75 bits per heavy atom. The van der Waals surface area contributed by atoms with E-state index in [9.17, 15) is 19.5 Å². The number of likely N-dealkylation sites (tertiary alicyclic amines) is 1. The Kier molecular flexibility index (Phi) is 6.15. The maximum atomic E-state index is 12.3. The Morgan fingerprint density at radius 1 is 1.32 bits per heavy atom. The molecule has 152 valence electrons. The second-order valence-corrected chi connectivity index (χ2v) is 7.46. The fraction of sp³-hybridized carbons (Fsp3) is 0.526. The van der Waals surface area contributed by atoms with Crippen LogP contribution in [0.2, 0.25) is 0 Å². The lowest BCUT2D eigenvalue weighted by Gasteiger charge is -2.29. The van der Waals surface area contributed by atoms with Crippen LogP contribution in [0, 0.1) is 0 Å². The molecule has 2 aliphatic heterocycles. The average Bonchev–Trinajstić information content (AvgIpc) is 3.18. The molecule has 2 fully saturated rings. The summed E-state index contributed by atoms with van der Waals surface area (Å²) in [5, 5.41) is 16.0. The van der Waals surface area contributed by atoms with E-state index in [-0.39, 0.29) is 38.1 Å². The third kappa shape index (κ3) is 4.99. The average molecular weight is 389 g/mol. The topological polar surface area (TPSA) is 105 Å². The smallest absolute Gasteiger partial charge is 0.324 e. The summed E-state index contributed by atoms with van der Waals surface area (Å²) in [6, 6.07) is 9.30. The van der Waals surface area contributed by atoms with E-state index in [0.717, 1.165) is 18.0 Å². The molecule has 9 heteroatoms. The van der Waals surface area contributed by atoms with E-state index in [1.54, 1.807) is 7.05 Å². The predicted molar refractivity (Wildman–Crippen MR) is 102 cm³/mol. The molecule has 1 unspecified atom stereocenters. The minimum atomic E-state index is -0.953. The Hall–Kier alpha value is -2.65. The van der Waals surface area contributed by atoms with Crippen molar-refractivity contribution in [1.29, 1.82) is 0 Å². The van der Waals surface area contributed by atoms with Crippen molar-refractivity contribution in [2.75, 3.05) is 46.3 Å². The standard InChI is InChI=1S/C19H27N5O4/c1-22(17(26)20-8-10-24-16(25)11-21-18(24)27)13-19(28)7-9-23(14-19)12-15-5-3-2-4-6-15/h2-6,28H,7-14H2,1H3,(H,20,26)(H,21,27). The molecule has 0 radical (unpaired) electrons. The monoisotopic (exact) mass is 389 g/mol. The number of nitrogens with one attached hydrogen (secondary N) is 2. The number of hydrogen-bond donors (Lipinski definition) is 3. The normalized spacial score (nSPS) is 22.4. The molecule has 0 bridgehead atoms. The minimum absolute atomic E-state index is 0.000797. The quantitative estimate of drug-likeness (QED) is 0.561. The van der Waals surface area contributed by atoms with Gasteiger partial charge in [0, 0.05) is 39.8 Å². The summed E-state index contributed by atoms with van der Waals surface area (Å²) in [5.41, 5.74) is 0.240. The summed E-state index contributed by atoms with van der Waals surface area (Å²) >= 11 is 0. The van der Waals surface area contributed by atoms with Crippen molar-refractivity contribution < 1.29 is 19.5 Å². The van der Waals surface area contributed by atoms with Gasteiger partial charge in [0.25, 0.3) is 0 Å². The lowest BCUT2D eigenvalue weighted by molar-refractivity contribution is -0.124. The van der Waals surface area contributed by atoms with Crippen molar-refractivity contribution in [3.05, 3.63) is 35.9 Å². The molecule has 2 heterocycles. The van der Waals surface area contributed by atoms with Gasteiger partial charge in [-0.15, -0.1) is 0 Å². The molecule has 0 aliphatic carbocycles. The largest absolute Gasteiger partial charge is 0.387 e. The van der Waals surface area contributed by atoms with Gasteiger partial charge >= 0.3 is 12.1 Å². The summed E-state index contributed by atoms with van der Waals surface area (Å²) < 4.78 is 0. The third-order valence-corrected chi connectivity index (χ3v) is 5.09. The van der Waals surface area contributed by atoms with Gasteiger partial charge in [0.05, 0.1) is 18.7 Å². The van der Waals surface area contributed by atoms with Crippen LogP contribution in [-0.2, 0) is 11.3 Å². The summed E-state index contributed by atoms with van der Waals surface area (Å²) in [6.07, 6.45) is 0.597. The lowest BCUT2D eigenvalue weighted by atomic mass is 10.0. The first kappa shape index (κ1) is 20.1. The molecule has 28 heavy (non-hydrogen) atoms. The van der Waals surface area contributed by atoms with E-state index >= 15 is 0 Å². The molecule has 2 aliphatic rings. The summed E-state index contributed by atoms with van der Waals surface area (Å²) in [4.78, 5) is 39.9. The van der Waals surface area contributed by atoms with Gasteiger partial charge in [-0.1, -0.05) is 30.3 Å². The van der Waals surface area contributed by atoms with E-state index in [2.05, 4.69) is 27.7 Å². The molecule has 2 saturated heterocycles. The van der Waals surface area contributed by atoms with Gasteiger partial charge in [-0.2, -0.15) is 0 Å². The number of rotatable bonds is 7. The van der Waals surface area contributed by atoms with Gasteiger partial charge < -0.3 is 20.6 Å². The molecule has 1 atom stereocenters. The van der Waals surface area contributed by atoms with Gasteiger partial charge in [-0.3, -0.25) is 14.6 Å². The zero-order valence-electron chi connectivity index (χ0n) is 16.1. The van der Waals surface area contributed by atoms with Crippen LogP contribution in [0.5, 0.6) is 0 Å². The van der Waals surface area contributed by atoms with Gasteiger partial charge in [0.1, 0.15) is 0 Å². The number of likely N-dealkylation sites (N-methyl/N-ethyl adjacent to an activating group) is 1. The van der Waals surface area contributed by atoms with Crippen LogP contribution in [-0.4, -0.2) is 89.7 Å². The highest BCUT2D eigenvalue weighted by Gasteiger charge is 2.37. The fourth-order valence-electron chi connectivity index (χ4n) is 3.65. The Morgan fingerprint density at radius 2 is 2.07 bits per heavy atom. The first-order valence-corrected chi connectivity index (χ1v) is 9.42. The zero-order valence-corrected chi connectivity index (χ0v) is 16.1. The number of nitrogens with zero attached hydrogens (tertiary/aromatic N) is 3. The van der Waals surface area contributed by atoms with Crippen LogP contribution in [0.3, 0.4) is 0 Å². The van der Waals surface area contributed by atoms with Gasteiger partial charge in [-0.05, 0) is 12.0 Å². The fourth-order valence-corrected chi connectivity index (χ4v) is 3.65. The lowest BCUT2D eigenvalue weighted by Crippen LogP contribution is -2.49. The second-order valence-electron chi connectivity index (χ2n) is 7.46.